The quantitative estimate of drug-likeness (QED) is 0.847. The van der Waals surface area contributed by atoms with E-state index in [4.69, 9.17) is 0 Å². The predicted octanol–water partition coefficient (Wildman–Crippen LogP) is 1.58. The first-order chi connectivity index (χ1) is 8.49. The molecule has 2 fully saturated rings. The van der Waals surface area contributed by atoms with Crippen LogP contribution in [-0.2, 0) is 10.0 Å². The van der Waals surface area contributed by atoms with Crippen LogP contribution >= 0.6 is 0 Å². The van der Waals surface area contributed by atoms with E-state index >= 15 is 0 Å². The van der Waals surface area contributed by atoms with E-state index in [9.17, 15) is 8.42 Å². The van der Waals surface area contributed by atoms with Gasteiger partial charge in [-0.3, -0.25) is 0 Å². The van der Waals surface area contributed by atoms with Gasteiger partial charge in [-0.05, 0) is 45.1 Å². The molecule has 2 rings (SSSR count). The molecule has 3 unspecified atom stereocenters. The molecule has 106 valence electrons. The summed E-state index contributed by atoms with van der Waals surface area (Å²) in [5, 5.41) is 3.42. The molecule has 2 saturated heterocycles. The number of hydrogen-bond acceptors (Lipinski definition) is 3. The van der Waals surface area contributed by atoms with Crippen LogP contribution in [0.15, 0.2) is 0 Å². The lowest BCUT2D eigenvalue weighted by atomic mass is 10.0. The smallest absolute Gasteiger partial charge is 0.214 e. The van der Waals surface area contributed by atoms with Gasteiger partial charge in [-0.15, -0.1) is 0 Å². The first kappa shape index (κ1) is 14.3. The Morgan fingerprint density at radius 2 is 2.06 bits per heavy atom. The number of rotatable bonds is 4. The Labute approximate surface area is 111 Å². The van der Waals surface area contributed by atoms with Crippen molar-refractivity contribution in [1.82, 2.24) is 9.62 Å². The third-order valence-corrected chi connectivity index (χ3v) is 6.20. The molecule has 4 nitrogen and oxygen atoms in total. The molecule has 0 aromatic carbocycles. The van der Waals surface area contributed by atoms with Gasteiger partial charge in [0.1, 0.15) is 0 Å². The molecule has 0 aliphatic carbocycles. The molecule has 3 atom stereocenters. The normalized spacial score (nSPS) is 34.9. The van der Waals surface area contributed by atoms with Crippen molar-refractivity contribution in [3.8, 4) is 0 Å². The standard InChI is InChI=1S/C13H26N2O2S/c1-11-9-12(2)15(10-11)18(16,17)8-6-13-5-3-4-7-14-13/h11-14H,3-10H2,1-2H3. The minimum Gasteiger partial charge on any atom is -0.314 e. The highest BCUT2D eigenvalue weighted by Gasteiger charge is 2.35. The highest BCUT2D eigenvalue weighted by atomic mass is 32.2. The largest absolute Gasteiger partial charge is 0.314 e. The van der Waals surface area contributed by atoms with Gasteiger partial charge in [0, 0.05) is 18.6 Å². The van der Waals surface area contributed by atoms with Gasteiger partial charge < -0.3 is 5.32 Å². The van der Waals surface area contributed by atoms with Crippen LogP contribution in [-0.4, -0.2) is 43.6 Å². The van der Waals surface area contributed by atoms with E-state index in [1.54, 1.807) is 4.31 Å². The van der Waals surface area contributed by atoms with Crippen LogP contribution in [0.5, 0.6) is 0 Å². The predicted molar refractivity (Wildman–Crippen MR) is 74.0 cm³/mol. The van der Waals surface area contributed by atoms with Gasteiger partial charge in [0.2, 0.25) is 10.0 Å². The molecule has 0 aromatic heterocycles. The fraction of sp³-hybridized carbons (Fsp3) is 1.00. The van der Waals surface area contributed by atoms with Crippen molar-refractivity contribution in [2.24, 2.45) is 5.92 Å². The zero-order valence-corrected chi connectivity index (χ0v) is 12.4. The Hall–Kier alpha value is -0.130. The Morgan fingerprint density at radius 3 is 2.61 bits per heavy atom. The number of piperidine rings is 1. The molecule has 2 aliphatic rings. The second kappa shape index (κ2) is 5.88. The summed E-state index contributed by atoms with van der Waals surface area (Å²) in [6.45, 7) is 5.91. The summed E-state index contributed by atoms with van der Waals surface area (Å²) in [6.07, 6.45) is 5.35. The maximum atomic E-state index is 12.3. The summed E-state index contributed by atoms with van der Waals surface area (Å²) < 4.78 is 26.4. The molecular formula is C13H26N2O2S. The molecule has 0 bridgehead atoms. The van der Waals surface area contributed by atoms with Crippen molar-refractivity contribution in [2.45, 2.75) is 58.0 Å². The van der Waals surface area contributed by atoms with Crippen molar-refractivity contribution in [2.75, 3.05) is 18.8 Å². The summed E-state index contributed by atoms with van der Waals surface area (Å²) in [4.78, 5) is 0. The van der Waals surface area contributed by atoms with Crippen molar-refractivity contribution in [3.05, 3.63) is 0 Å². The van der Waals surface area contributed by atoms with Gasteiger partial charge in [-0.2, -0.15) is 4.31 Å². The SMILES string of the molecule is CC1CC(C)N(S(=O)(=O)CCC2CCCCN2)C1. The van der Waals surface area contributed by atoms with Crippen molar-refractivity contribution in [3.63, 3.8) is 0 Å². The van der Waals surface area contributed by atoms with Crippen molar-refractivity contribution < 1.29 is 8.42 Å². The second-order valence-electron chi connectivity index (χ2n) is 6.01. The van der Waals surface area contributed by atoms with Crippen LogP contribution < -0.4 is 5.32 Å². The molecule has 0 spiro atoms. The summed E-state index contributed by atoms with van der Waals surface area (Å²) >= 11 is 0. The molecule has 0 amide bonds. The third-order valence-electron chi connectivity index (χ3n) is 4.22. The maximum absolute atomic E-state index is 12.3. The molecule has 1 N–H and O–H groups in total. The van der Waals surface area contributed by atoms with Crippen LogP contribution in [0.3, 0.4) is 0 Å². The fourth-order valence-corrected chi connectivity index (χ4v) is 5.16. The highest BCUT2D eigenvalue weighted by Crippen LogP contribution is 2.26. The lowest BCUT2D eigenvalue weighted by molar-refractivity contribution is 0.379. The van der Waals surface area contributed by atoms with E-state index in [0.717, 1.165) is 25.8 Å². The van der Waals surface area contributed by atoms with E-state index in [1.807, 2.05) is 6.92 Å². The molecule has 0 saturated carbocycles. The van der Waals surface area contributed by atoms with Crippen LogP contribution in [0, 0.1) is 5.92 Å². The average Bonchev–Trinajstić information content (AvgIpc) is 2.68. The molecule has 0 radical (unpaired) electrons. The first-order valence-corrected chi connectivity index (χ1v) is 8.83. The maximum Gasteiger partial charge on any atom is 0.214 e. The van der Waals surface area contributed by atoms with Crippen LogP contribution in [0.4, 0.5) is 0 Å². The molecule has 2 heterocycles. The number of sulfonamides is 1. The lowest BCUT2D eigenvalue weighted by Crippen LogP contribution is -2.40. The van der Waals surface area contributed by atoms with Gasteiger partial charge in [0.05, 0.1) is 5.75 Å². The Bertz CT molecular complexity index is 363. The van der Waals surface area contributed by atoms with Crippen molar-refractivity contribution in [1.29, 1.82) is 0 Å². The van der Waals surface area contributed by atoms with Crippen molar-refractivity contribution >= 4 is 10.0 Å². The topological polar surface area (TPSA) is 49.4 Å². The van der Waals surface area contributed by atoms with E-state index in [-0.39, 0.29) is 6.04 Å². The lowest BCUT2D eigenvalue weighted by Gasteiger charge is -2.25. The minimum atomic E-state index is -3.05. The minimum absolute atomic E-state index is 0.185. The zero-order valence-electron chi connectivity index (χ0n) is 11.6. The molecule has 0 aromatic rings. The molecular weight excluding hydrogens is 248 g/mol. The van der Waals surface area contributed by atoms with Crippen LogP contribution in [0.2, 0.25) is 0 Å². The summed E-state index contributed by atoms with van der Waals surface area (Å²) in [7, 11) is -3.05. The van der Waals surface area contributed by atoms with Gasteiger partial charge in [-0.1, -0.05) is 13.3 Å². The summed E-state index contributed by atoms with van der Waals surface area (Å²) in [5.74, 6) is 0.810. The molecule has 5 heteroatoms. The summed E-state index contributed by atoms with van der Waals surface area (Å²) in [5.41, 5.74) is 0. The highest BCUT2D eigenvalue weighted by molar-refractivity contribution is 7.89. The van der Waals surface area contributed by atoms with Gasteiger partial charge in [0.15, 0.2) is 0 Å². The monoisotopic (exact) mass is 274 g/mol. The van der Waals surface area contributed by atoms with Gasteiger partial charge in [0.25, 0.3) is 0 Å². The van der Waals surface area contributed by atoms with Crippen LogP contribution in [0.25, 0.3) is 0 Å². The fourth-order valence-electron chi connectivity index (χ4n) is 3.23. The molecule has 18 heavy (non-hydrogen) atoms. The Balaban J connectivity index is 1.87. The Morgan fingerprint density at radius 1 is 1.28 bits per heavy atom. The van der Waals surface area contributed by atoms with Crippen LogP contribution in [0.1, 0.15) is 46.0 Å². The van der Waals surface area contributed by atoms with E-state index in [1.165, 1.54) is 12.8 Å². The third kappa shape index (κ3) is 3.45. The number of hydrogen-bond donors (Lipinski definition) is 1. The summed E-state index contributed by atoms with van der Waals surface area (Å²) in [6, 6.07) is 0.591. The average molecular weight is 274 g/mol. The van der Waals surface area contributed by atoms with Gasteiger partial charge in [-0.25, -0.2) is 8.42 Å². The van der Waals surface area contributed by atoms with E-state index in [2.05, 4.69) is 12.2 Å². The van der Waals surface area contributed by atoms with E-state index in [0.29, 0.717) is 24.3 Å². The van der Waals surface area contributed by atoms with Gasteiger partial charge >= 0.3 is 0 Å². The number of nitrogens with zero attached hydrogens (tertiary/aromatic N) is 1. The molecule has 2 aliphatic heterocycles. The Kier molecular flexibility index (Phi) is 4.67. The number of nitrogens with one attached hydrogen (secondary N) is 1. The van der Waals surface area contributed by atoms with E-state index < -0.39 is 10.0 Å². The first-order valence-electron chi connectivity index (χ1n) is 7.22. The second-order valence-corrected chi connectivity index (χ2v) is 8.05. The zero-order chi connectivity index (χ0) is 13.2.